The Hall–Kier alpha value is -6.80. The van der Waals surface area contributed by atoms with Gasteiger partial charge < -0.3 is 10.2 Å². The number of anilines is 6. The fraction of sp³-hybridized carbons (Fsp3) is 0.0244. The first-order valence-electron chi connectivity index (χ1n) is 15.5. The highest BCUT2D eigenvalue weighted by molar-refractivity contribution is 5.91. The van der Waals surface area contributed by atoms with Crippen LogP contribution in [0.3, 0.4) is 0 Å². The molecule has 0 fully saturated rings. The van der Waals surface area contributed by atoms with Gasteiger partial charge in [0, 0.05) is 5.57 Å². The van der Waals surface area contributed by atoms with Gasteiger partial charge in [-0.15, -0.1) is 0 Å². The molecule has 6 rings (SSSR count). The molecule has 49 heavy (non-hydrogen) atoms. The molecule has 0 radical (unpaired) electrons. The van der Waals surface area contributed by atoms with Crippen LogP contribution in [0.15, 0.2) is 194 Å². The minimum atomic E-state index is -1.27. The van der Waals surface area contributed by atoms with E-state index in [0.29, 0.717) is 0 Å². The lowest BCUT2D eigenvalue weighted by atomic mass is 10.2. The second kappa shape index (κ2) is 19.0. The quantitative estimate of drug-likeness (QED) is 0.0811. The van der Waals surface area contributed by atoms with Crippen molar-refractivity contribution < 1.29 is 19.8 Å². The number of carboxylic acids is 2. The van der Waals surface area contributed by atoms with Crippen LogP contribution in [0, 0.1) is 0 Å². The minimum Gasteiger partial charge on any atom is -0.481 e. The summed E-state index contributed by atoms with van der Waals surface area (Å²) in [6.07, 6.45) is -0.505. The number of benzene rings is 6. The standard InChI is InChI=1S/2C18H16N2.C5H6O4/c2*1-4-10-16(11-5-1)19-20(17-12-6-2-7-13-17)18-14-8-3-9-15-18;1-3(5(8)9)2-4(6)7/h2*1-15,19H;1-2H2,(H,6,7)(H,8,9). The van der Waals surface area contributed by atoms with Gasteiger partial charge in [0.1, 0.15) is 0 Å². The molecule has 6 aromatic rings. The Morgan fingerprint density at radius 2 is 0.694 bits per heavy atom. The van der Waals surface area contributed by atoms with Crippen molar-refractivity contribution in [2.24, 2.45) is 0 Å². The summed E-state index contributed by atoms with van der Waals surface area (Å²) in [5.74, 6) is -2.44. The van der Waals surface area contributed by atoms with Crippen molar-refractivity contribution in [3.63, 3.8) is 0 Å². The molecule has 0 aliphatic rings. The van der Waals surface area contributed by atoms with E-state index < -0.39 is 18.4 Å². The summed E-state index contributed by atoms with van der Waals surface area (Å²) in [5.41, 5.74) is 13.1. The van der Waals surface area contributed by atoms with Gasteiger partial charge in [-0.2, -0.15) is 0 Å². The highest BCUT2D eigenvalue weighted by atomic mass is 16.4. The molecule has 0 bridgehead atoms. The lowest BCUT2D eigenvalue weighted by Crippen LogP contribution is -2.24. The molecule has 0 atom stereocenters. The lowest BCUT2D eigenvalue weighted by Gasteiger charge is -2.26. The highest BCUT2D eigenvalue weighted by Gasteiger charge is 2.10. The SMILES string of the molecule is C=C(CC(=O)O)C(=O)O.c1ccc(NN(c2ccccc2)c2ccccc2)cc1.c1ccc(NN(c2ccccc2)c2ccccc2)cc1. The molecule has 0 heterocycles. The van der Waals surface area contributed by atoms with Crippen molar-refractivity contribution in [1.29, 1.82) is 0 Å². The molecule has 4 N–H and O–H groups in total. The van der Waals surface area contributed by atoms with Crippen molar-refractivity contribution in [2.75, 3.05) is 20.9 Å². The average Bonchev–Trinajstić information content (AvgIpc) is 3.15. The summed E-state index contributed by atoms with van der Waals surface area (Å²) in [7, 11) is 0. The van der Waals surface area contributed by atoms with Crippen LogP contribution in [0.2, 0.25) is 0 Å². The normalized spacial score (nSPS) is 9.71. The van der Waals surface area contributed by atoms with E-state index in [9.17, 15) is 9.59 Å². The fourth-order valence-corrected chi connectivity index (χ4v) is 4.41. The fourth-order valence-electron chi connectivity index (χ4n) is 4.41. The van der Waals surface area contributed by atoms with Crippen LogP contribution in [0.4, 0.5) is 34.1 Å². The summed E-state index contributed by atoms with van der Waals surface area (Å²) >= 11 is 0. The molecule has 0 aromatic heterocycles. The maximum Gasteiger partial charge on any atom is 0.331 e. The van der Waals surface area contributed by atoms with E-state index in [4.69, 9.17) is 10.2 Å². The second-order valence-electron chi connectivity index (χ2n) is 10.4. The first-order valence-corrected chi connectivity index (χ1v) is 15.5. The number of carboxylic acid groups (broad SMARTS) is 2. The smallest absolute Gasteiger partial charge is 0.331 e. The van der Waals surface area contributed by atoms with Crippen LogP contribution in [-0.4, -0.2) is 22.2 Å². The number of rotatable bonds is 11. The predicted octanol–water partition coefficient (Wildman–Crippen LogP) is 9.81. The summed E-state index contributed by atoms with van der Waals surface area (Å²) < 4.78 is 0. The first kappa shape index (κ1) is 35.1. The zero-order chi connectivity index (χ0) is 34.7. The number of nitrogens with zero attached hydrogens (tertiary/aromatic N) is 2. The predicted molar refractivity (Wildman–Crippen MR) is 199 cm³/mol. The summed E-state index contributed by atoms with van der Waals surface area (Å²) in [4.78, 5) is 19.7. The molecule has 8 nitrogen and oxygen atoms in total. The van der Waals surface area contributed by atoms with E-state index in [1.807, 2.05) is 109 Å². The second-order valence-corrected chi connectivity index (χ2v) is 10.4. The van der Waals surface area contributed by atoms with Crippen LogP contribution in [0.25, 0.3) is 0 Å². The zero-order valence-corrected chi connectivity index (χ0v) is 26.8. The van der Waals surface area contributed by atoms with Gasteiger partial charge >= 0.3 is 11.9 Å². The Morgan fingerprint density at radius 3 is 0.898 bits per heavy atom. The van der Waals surface area contributed by atoms with Gasteiger partial charge in [-0.25, -0.2) is 4.79 Å². The molecule has 0 saturated carbocycles. The average molecular weight is 651 g/mol. The minimum absolute atomic E-state index is 0.303. The van der Waals surface area contributed by atoms with E-state index in [0.717, 1.165) is 34.1 Å². The molecule has 246 valence electrons. The van der Waals surface area contributed by atoms with Gasteiger partial charge in [0.15, 0.2) is 0 Å². The number of hydrazine groups is 2. The van der Waals surface area contributed by atoms with E-state index in [2.05, 4.69) is 100 Å². The van der Waals surface area contributed by atoms with Crippen LogP contribution in [0.1, 0.15) is 6.42 Å². The first-order chi connectivity index (χ1) is 23.9. The van der Waals surface area contributed by atoms with Gasteiger partial charge in [-0.1, -0.05) is 116 Å². The van der Waals surface area contributed by atoms with E-state index in [1.165, 1.54) is 0 Å². The number of hydrogen-bond acceptors (Lipinski definition) is 6. The van der Waals surface area contributed by atoms with E-state index in [1.54, 1.807) is 0 Å². The third-order valence-corrected chi connectivity index (χ3v) is 6.75. The number of aliphatic carboxylic acids is 2. The number of hydrogen-bond donors (Lipinski definition) is 4. The van der Waals surface area contributed by atoms with Crippen molar-refractivity contribution >= 4 is 46.1 Å². The summed E-state index contributed by atoms with van der Waals surface area (Å²) in [6.45, 7) is 3.01. The number of carbonyl (C=O) groups is 2. The Balaban J connectivity index is 0.000000179. The number of nitrogens with one attached hydrogen (secondary N) is 2. The molecule has 6 aromatic carbocycles. The van der Waals surface area contributed by atoms with E-state index in [-0.39, 0.29) is 5.57 Å². The van der Waals surface area contributed by atoms with Crippen molar-refractivity contribution in [1.82, 2.24) is 0 Å². The van der Waals surface area contributed by atoms with Gasteiger partial charge in [0.25, 0.3) is 0 Å². The lowest BCUT2D eigenvalue weighted by molar-refractivity contribution is -0.139. The van der Waals surface area contributed by atoms with Crippen molar-refractivity contribution in [3.8, 4) is 0 Å². The third kappa shape index (κ3) is 11.8. The molecular formula is C41H38N4O4. The Bertz CT molecular complexity index is 1640. The molecular weight excluding hydrogens is 612 g/mol. The molecule has 0 aliphatic heterocycles. The molecule has 0 aliphatic carbocycles. The monoisotopic (exact) mass is 650 g/mol. The summed E-state index contributed by atoms with van der Waals surface area (Å²) in [6, 6.07) is 61.4. The maximum atomic E-state index is 9.87. The Kier molecular flexibility index (Phi) is 13.6. The Labute approximate surface area is 286 Å². The topological polar surface area (TPSA) is 105 Å². The van der Waals surface area contributed by atoms with Gasteiger partial charge in [-0.3, -0.25) is 25.7 Å². The van der Waals surface area contributed by atoms with Gasteiger partial charge in [0.2, 0.25) is 0 Å². The Morgan fingerprint density at radius 1 is 0.449 bits per heavy atom. The molecule has 8 heteroatoms. The zero-order valence-electron chi connectivity index (χ0n) is 26.8. The van der Waals surface area contributed by atoms with E-state index >= 15 is 0 Å². The molecule has 0 unspecified atom stereocenters. The maximum absolute atomic E-state index is 9.87. The van der Waals surface area contributed by atoms with Crippen molar-refractivity contribution in [2.45, 2.75) is 6.42 Å². The summed E-state index contributed by atoms with van der Waals surface area (Å²) in [5, 5.41) is 20.2. The van der Waals surface area contributed by atoms with Crippen LogP contribution >= 0.6 is 0 Å². The van der Waals surface area contributed by atoms with Crippen LogP contribution < -0.4 is 20.9 Å². The van der Waals surface area contributed by atoms with Crippen LogP contribution in [0.5, 0.6) is 0 Å². The van der Waals surface area contributed by atoms with Crippen LogP contribution in [-0.2, 0) is 9.59 Å². The van der Waals surface area contributed by atoms with Gasteiger partial charge in [-0.05, 0) is 72.8 Å². The molecule has 0 saturated heterocycles. The highest BCUT2D eigenvalue weighted by Crippen LogP contribution is 2.27. The third-order valence-electron chi connectivity index (χ3n) is 6.75. The molecule has 0 amide bonds. The number of para-hydroxylation sites is 6. The van der Waals surface area contributed by atoms with Gasteiger partial charge in [0.05, 0.1) is 40.5 Å². The van der Waals surface area contributed by atoms with Crippen molar-refractivity contribution in [3.05, 3.63) is 194 Å². The molecule has 0 spiro atoms. The largest absolute Gasteiger partial charge is 0.481 e.